The molecule has 0 heterocycles. The van der Waals surface area contributed by atoms with Crippen LogP contribution in [-0.2, 0) is 16.0 Å². The van der Waals surface area contributed by atoms with Crippen molar-refractivity contribution in [1.29, 1.82) is 0 Å². The Morgan fingerprint density at radius 3 is 2.55 bits per heavy atom. The molecule has 0 radical (unpaired) electrons. The summed E-state index contributed by atoms with van der Waals surface area (Å²) in [5, 5.41) is 13.7. The van der Waals surface area contributed by atoms with Crippen LogP contribution < -0.4 is 5.32 Å². The third kappa shape index (κ3) is 4.88. The first-order valence-electron chi connectivity index (χ1n) is 7.62. The number of benzene rings is 2. The number of hydrogen-bond acceptors (Lipinski definition) is 2. The summed E-state index contributed by atoms with van der Waals surface area (Å²) >= 11 is 0. The first-order valence-corrected chi connectivity index (χ1v) is 7.62. The zero-order valence-electron chi connectivity index (χ0n) is 12.5. The monoisotopic (exact) mass is 299 g/mol. The van der Waals surface area contributed by atoms with E-state index in [4.69, 9.17) is 5.11 Å². The summed E-state index contributed by atoms with van der Waals surface area (Å²) in [5.74, 6) is -0.755. The Kier molecular flexibility index (Phi) is 5.95. The highest BCUT2D eigenvalue weighted by Gasteiger charge is 2.06. The number of carbonyl (C=O) groups is 2. The first-order chi connectivity index (χ1) is 10.7. The highest BCUT2D eigenvalue weighted by molar-refractivity contribution is 5.90. The van der Waals surface area contributed by atoms with Crippen molar-refractivity contribution in [3.63, 3.8) is 0 Å². The van der Waals surface area contributed by atoms with Crippen LogP contribution in [0.5, 0.6) is 0 Å². The van der Waals surface area contributed by atoms with Gasteiger partial charge >= 0.3 is 5.97 Å². The van der Waals surface area contributed by atoms with Crippen LogP contribution >= 0.6 is 0 Å². The maximum Gasteiger partial charge on any atom is 0.303 e. The van der Waals surface area contributed by atoms with Crippen molar-refractivity contribution in [3.05, 3.63) is 48.0 Å². The van der Waals surface area contributed by atoms with Crippen LogP contribution in [0.1, 0.15) is 31.2 Å². The number of carboxylic acids is 1. The molecular weight excluding hydrogens is 278 g/mol. The fourth-order valence-electron chi connectivity index (χ4n) is 2.49. The molecule has 0 aliphatic carbocycles. The van der Waals surface area contributed by atoms with Crippen molar-refractivity contribution < 1.29 is 14.7 Å². The quantitative estimate of drug-likeness (QED) is 0.736. The topological polar surface area (TPSA) is 66.4 Å². The Morgan fingerprint density at radius 2 is 1.73 bits per heavy atom. The molecule has 0 bridgehead atoms. The Hall–Kier alpha value is -2.36. The number of aliphatic carboxylic acids is 1. The van der Waals surface area contributed by atoms with Crippen molar-refractivity contribution in [2.75, 3.05) is 6.54 Å². The fraction of sp³-hybridized carbons (Fsp3) is 0.333. The van der Waals surface area contributed by atoms with Gasteiger partial charge < -0.3 is 10.4 Å². The normalized spacial score (nSPS) is 10.5. The number of fused-ring (bicyclic) bond motifs is 1. The predicted octanol–water partition coefficient (Wildman–Crippen LogP) is 3.14. The van der Waals surface area contributed by atoms with Gasteiger partial charge in [-0.2, -0.15) is 0 Å². The minimum Gasteiger partial charge on any atom is -0.481 e. The van der Waals surface area contributed by atoms with Crippen LogP contribution in [-0.4, -0.2) is 23.5 Å². The minimum absolute atomic E-state index is 0.00888. The third-order valence-corrected chi connectivity index (χ3v) is 3.62. The molecule has 2 rings (SSSR count). The molecule has 2 N–H and O–H groups in total. The van der Waals surface area contributed by atoms with Gasteiger partial charge in [0.05, 0.1) is 6.42 Å². The van der Waals surface area contributed by atoms with Gasteiger partial charge in [-0.25, -0.2) is 0 Å². The van der Waals surface area contributed by atoms with E-state index < -0.39 is 5.97 Å². The highest BCUT2D eigenvalue weighted by Crippen LogP contribution is 2.18. The molecule has 0 aliphatic heterocycles. The van der Waals surface area contributed by atoms with Gasteiger partial charge in [0.15, 0.2) is 0 Å². The fourth-order valence-corrected chi connectivity index (χ4v) is 2.49. The average molecular weight is 299 g/mol. The molecule has 0 fully saturated rings. The van der Waals surface area contributed by atoms with Gasteiger partial charge in [0.2, 0.25) is 5.91 Å². The highest BCUT2D eigenvalue weighted by atomic mass is 16.4. The van der Waals surface area contributed by atoms with Crippen LogP contribution in [0, 0.1) is 0 Å². The second-order valence-electron chi connectivity index (χ2n) is 5.37. The summed E-state index contributed by atoms with van der Waals surface area (Å²) < 4.78 is 0. The van der Waals surface area contributed by atoms with Gasteiger partial charge in [-0.1, -0.05) is 48.9 Å². The third-order valence-electron chi connectivity index (χ3n) is 3.62. The van der Waals surface area contributed by atoms with Crippen LogP contribution in [0.15, 0.2) is 42.5 Å². The van der Waals surface area contributed by atoms with Crippen molar-refractivity contribution in [2.24, 2.45) is 0 Å². The summed E-state index contributed by atoms with van der Waals surface area (Å²) in [6, 6.07) is 14.0. The maximum absolute atomic E-state index is 12.0. The molecule has 0 aromatic heterocycles. The molecular formula is C18H21NO3. The van der Waals surface area contributed by atoms with E-state index in [1.165, 1.54) is 0 Å². The van der Waals surface area contributed by atoms with Crippen molar-refractivity contribution in [1.82, 2.24) is 5.32 Å². The van der Waals surface area contributed by atoms with Crippen LogP contribution in [0.25, 0.3) is 10.8 Å². The molecule has 0 saturated carbocycles. The smallest absolute Gasteiger partial charge is 0.303 e. The molecule has 2 aromatic rings. The second-order valence-corrected chi connectivity index (χ2v) is 5.37. The Morgan fingerprint density at radius 1 is 0.955 bits per heavy atom. The lowest BCUT2D eigenvalue weighted by Gasteiger charge is -2.08. The molecule has 4 heteroatoms. The van der Waals surface area contributed by atoms with Gasteiger partial charge in [0, 0.05) is 13.0 Å². The molecule has 116 valence electrons. The first kappa shape index (κ1) is 16.0. The van der Waals surface area contributed by atoms with Crippen LogP contribution in [0.4, 0.5) is 0 Å². The molecule has 0 atom stereocenters. The number of unbranched alkanes of at least 4 members (excludes halogenated alkanes) is 2. The van der Waals surface area contributed by atoms with E-state index in [1.54, 1.807) is 0 Å². The van der Waals surface area contributed by atoms with E-state index in [9.17, 15) is 9.59 Å². The lowest BCUT2D eigenvalue weighted by molar-refractivity contribution is -0.137. The lowest BCUT2D eigenvalue weighted by atomic mass is 10.0. The summed E-state index contributed by atoms with van der Waals surface area (Å²) in [6.07, 6.45) is 2.87. The van der Waals surface area contributed by atoms with E-state index in [-0.39, 0.29) is 12.3 Å². The second kappa shape index (κ2) is 8.17. The number of rotatable bonds is 8. The van der Waals surface area contributed by atoms with E-state index in [1.807, 2.05) is 42.5 Å². The van der Waals surface area contributed by atoms with Gasteiger partial charge in [0.25, 0.3) is 0 Å². The zero-order valence-corrected chi connectivity index (χ0v) is 12.5. The Balaban J connectivity index is 1.78. The van der Waals surface area contributed by atoms with Crippen LogP contribution in [0.2, 0.25) is 0 Å². The Bertz CT molecular complexity index is 646. The van der Waals surface area contributed by atoms with Crippen molar-refractivity contribution in [3.8, 4) is 0 Å². The summed E-state index contributed by atoms with van der Waals surface area (Å²) in [6.45, 7) is 0.600. The molecule has 2 aromatic carbocycles. The van der Waals surface area contributed by atoms with Gasteiger partial charge in [-0.15, -0.1) is 0 Å². The summed E-state index contributed by atoms with van der Waals surface area (Å²) in [7, 11) is 0. The van der Waals surface area contributed by atoms with E-state index in [0.717, 1.165) is 29.2 Å². The zero-order chi connectivity index (χ0) is 15.8. The number of amides is 1. The van der Waals surface area contributed by atoms with E-state index in [0.29, 0.717) is 19.4 Å². The van der Waals surface area contributed by atoms with Crippen LogP contribution in [0.3, 0.4) is 0 Å². The van der Waals surface area contributed by atoms with Crippen molar-refractivity contribution in [2.45, 2.75) is 32.1 Å². The standard InChI is InChI=1S/C18H21NO3/c20-17(19-12-5-1-2-11-18(21)22)13-15-9-6-8-14-7-3-4-10-16(14)15/h3-4,6-10H,1-2,5,11-13H2,(H,19,20)(H,21,22). The number of carboxylic acid groups (broad SMARTS) is 1. The maximum atomic E-state index is 12.0. The molecule has 0 spiro atoms. The molecule has 4 nitrogen and oxygen atoms in total. The molecule has 0 saturated heterocycles. The van der Waals surface area contributed by atoms with Gasteiger partial charge in [-0.3, -0.25) is 9.59 Å². The minimum atomic E-state index is -0.764. The number of carbonyl (C=O) groups excluding carboxylic acids is 1. The predicted molar refractivity (Wildman–Crippen MR) is 86.8 cm³/mol. The van der Waals surface area contributed by atoms with Gasteiger partial charge in [0.1, 0.15) is 0 Å². The molecule has 0 unspecified atom stereocenters. The van der Waals surface area contributed by atoms with E-state index >= 15 is 0 Å². The molecule has 1 amide bonds. The molecule has 0 aliphatic rings. The lowest BCUT2D eigenvalue weighted by Crippen LogP contribution is -2.26. The largest absolute Gasteiger partial charge is 0.481 e. The Labute approximate surface area is 130 Å². The van der Waals surface area contributed by atoms with Gasteiger partial charge in [-0.05, 0) is 29.2 Å². The van der Waals surface area contributed by atoms with E-state index in [2.05, 4.69) is 5.32 Å². The molecule has 22 heavy (non-hydrogen) atoms. The summed E-state index contributed by atoms with van der Waals surface area (Å²) in [4.78, 5) is 22.4. The average Bonchev–Trinajstić information content (AvgIpc) is 2.51. The summed E-state index contributed by atoms with van der Waals surface area (Å²) in [5.41, 5.74) is 1.03. The SMILES string of the molecule is O=C(O)CCCCCNC(=O)Cc1cccc2ccccc12. The van der Waals surface area contributed by atoms with Crippen molar-refractivity contribution >= 4 is 22.6 Å². The number of hydrogen-bond donors (Lipinski definition) is 2. The number of nitrogens with one attached hydrogen (secondary N) is 1.